The third kappa shape index (κ3) is 9.10. The summed E-state index contributed by atoms with van der Waals surface area (Å²) >= 11 is 7.98. The number of anilines is 1. The van der Waals surface area contributed by atoms with Crippen LogP contribution in [0.1, 0.15) is 62.8 Å². The number of nitrogens with zero attached hydrogens (tertiary/aromatic N) is 4. The van der Waals surface area contributed by atoms with Crippen LogP contribution in [0.2, 0.25) is 5.02 Å². The number of ether oxygens (including phenoxy) is 1. The van der Waals surface area contributed by atoms with E-state index in [0.717, 1.165) is 43.8 Å². The standard InChI is InChI=1S/C30H38ClFN6O2S/c1-4-13-41-38-12-11-33-15-23(38)9-10-24-26(32)16-34-17-28(24)37-29(39)14-25(21-5-7-22(31)8-6-21)27-18-36-30(19-35-27)40-20(2)3/h5-8,16-20,23,25,33H,4,9-15H2,1-3H3,(H,37,39). The molecule has 0 aliphatic carbocycles. The fourth-order valence-corrected chi connectivity index (χ4v) is 5.94. The molecule has 1 saturated heterocycles. The van der Waals surface area contributed by atoms with Gasteiger partial charge in [-0.2, -0.15) is 0 Å². The smallest absolute Gasteiger partial charge is 0.232 e. The fraction of sp³-hybridized carbons (Fsp3) is 0.467. The third-order valence-corrected chi connectivity index (χ3v) is 8.44. The molecular formula is C30H38ClFN6O2S. The Morgan fingerprint density at radius 1 is 1.22 bits per heavy atom. The van der Waals surface area contributed by atoms with E-state index in [1.165, 1.54) is 12.4 Å². The zero-order valence-electron chi connectivity index (χ0n) is 23.8. The van der Waals surface area contributed by atoms with Gasteiger partial charge in [0.15, 0.2) is 0 Å². The summed E-state index contributed by atoms with van der Waals surface area (Å²) < 4.78 is 23.1. The number of hydrogen-bond donors (Lipinski definition) is 2. The first-order valence-electron chi connectivity index (χ1n) is 14.1. The number of carbonyl (C=O) groups is 1. The van der Waals surface area contributed by atoms with Crippen LogP contribution in [0.25, 0.3) is 0 Å². The monoisotopic (exact) mass is 600 g/mol. The number of halogens is 2. The minimum Gasteiger partial charge on any atom is -0.474 e. The molecule has 8 nitrogen and oxygen atoms in total. The van der Waals surface area contributed by atoms with Crippen molar-refractivity contribution in [3.63, 3.8) is 0 Å². The van der Waals surface area contributed by atoms with E-state index in [-0.39, 0.29) is 24.5 Å². The van der Waals surface area contributed by atoms with E-state index >= 15 is 4.39 Å². The molecule has 220 valence electrons. The van der Waals surface area contributed by atoms with Crippen LogP contribution in [0.3, 0.4) is 0 Å². The van der Waals surface area contributed by atoms with Crippen molar-refractivity contribution >= 4 is 35.1 Å². The minimum absolute atomic E-state index is 0.0328. The van der Waals surface area contributed by atoms with Gasteiger partial charge in [0.1, 0.15) is 5.82 Å². The van der Waals surface area contributed by atoms with Crippen molar-refractivity contribution < 1.29 is 13.9 Å². The van der Waals surface area contributed by atoms with Crippen LogP contribution in [-0.2, 0) is 11.2 Å². The van der Waals surface area contributed by atoms with E-state index < -0.39 is 11.7 Å². The molecule has 4 rings (SSSR count). The number of hydrogen-bond acceptors (Lipinski definition) is 8. The molecule has 41 heavy (non-hydrogen) atoms. The first-order chi connectivity index (χ1) is 19.8. The second kappa shape index (κ2) is 15.4. The molecule has 0 saturated carbocycles. The maximum absolute atomic E-state index is 15.0. The average Bonchev–Trinajstić information content (AvgIpc) is 2.96. The largest absolute Gasteiger partial charge is 0.474 e. The lowest BCUT2D eigenvalue weighted by Gasteiger charge is -2.35. The molecular weight excluding hydrogens is 563 g/mol. The lowest BCUT2D eigenvalue weighted by atomic mass is 9.92. The number of nitrogens with one attached hydrogen (secondary N) is 2. The molecule has 0 spiro atoms. The van der Waals surface area contributed by atoms with Gasteiger partial charge < -0.3 is 15.4 Å². The van der Waals surface area contributed by atoms with Gasteiger partial charge >= 0.3 is 0 Å². The minimum atomic E-state index is -0.416. The van der Waals surface area contributed by atoms with Crippen LogP contribution in [0, 0.1) is 5.82 Å². The highest BCUT2D eigenvalue weighted by molar-refractivity contribution is 7.97. The van der Waals surface area contributed by atoms with E-state index in [2.05, 4.69) is 36.8 Å². The van der Waals surface area contributed by atoms with Crippen molar-refractivity contribution in [2.75, 3.05) is 30.7 Å². The summed E-state index contributed by atoms with van der Waals surface area (Å²) in [6.45, 7) is 8.77. The first-order valence-corrected chi connectivity index (χ1v) is 15.4. The number of rotatable bonds is 13. The van der Waals surface area contributed by atoms with Gasteiger partial charge in [0.2, 0.25) is 11.8 Å². The van der Waals surface area contributed by atoms with Crippen molar-refractivity contribution in [2.24, 2.45) is 0 Å². The predicted octanol–water partition coefficient (Wildman–Crippen LogP) is 5.88. The first kappa shape index (κ1) is 31.2. The summed E-state index contributed by atoms with van der Waals surface area (Å²) in [5, 5.41) is 6.97. The van der Waals surface area contributed by atoms with Gasteiger partial charge in [-0.05, 0) is 50.8 Å². The Hall–Kier alpha value is -2.79. The van der Waals surface area contributed by atoms with E-state index in [9.17, 15) is 4.79 Å². The van der Waals surface area contributed by atoms with E-state index in [1.54, 1.807) is 24.5 Å². The van der Waals surface area contributed by atoms with E-state index in [4.69, 9.17) is 16.3 Å². The van der Waals surface area contributed by atoms with Crippen molar-refractivity contribution in [3.8, 4) is 5.88 Å². The summed E-state index contributed by atoms with van der Waals surface area (Å²) in [6, 6.07) is 7.59. The van der Waals surface area contributed by atoms with E-state index in [0.29, 0.717) is 34.3 Å². The Morgan fingerprint density at radius 3 is 2.73 bits per heavy atom. The number of pyridine rings is 1. The number of benzene rings is 1. The highest BCUT2D eigenvalue weighted by atomic mass is 35.5. The lowest BCUT2D eigenvalue weighted by Crippen LogP contribution is -2.48. The summed E-state index contributed by atoms with van der Waals surface area (Å²) in [7, 11) is 0. The Balaban J connectivity index is 1.49. The van der Waals surface area contributed by atoms with Crippen LogP contribution in [0.5, 0.6) is 5.88 Å². The molecule has 0 radical (unpaired) electrons. The van der Waals surface area contributed by atoms with Crippen molar-refractivity contribution in [3.05, 3.63) is 76.7 Å². The SMILES string of the molecule is CCCSN1CCNCC1CCc1c(F)cncc1NC(=O)CC(c1ccc(Cl)cc1)c1cnc(OC(C)C)cn1. The number of piperazine rings is 1. The fourth-order valence-electron chi connectivity index (χ4n) is 4.78. The molecule has 1 aliphatic rings. The van der Waals surface area contributed by atoms with Crippen molar-refractivity contribution in [1.29, 1.82) is 0 Å². The molecule has 11 heteroatoms. The Labute approximate surface area is 251 Å². The Morgan fingerprint density at radius 2 is 2.02 bits per heavy atom. The second-order valence-corrected chi connectivity index (χ2v) is 11.9. The lowest BCUT2D eigenvalue weighted by molar-refractivity contribution is -0.116. The van der Waals surface area contributed by atoms with Gasteiger partial charge in [0, 0.05) is 54.4 Å². The number of amides is 1. The van der Waals surface area contributed by atoms with Crippen LogP contribution >= 0.6 is 23.5 Å². The normalized spacial score (nSPS) is 16.5. The second-order valence-electron chi connectivity index (χ2n) is 10.3. The van der Waals surface area contributed by atoms with Gasteiger partial charge in [-0.1, -0.05) is 42.6 Å². The molecule has 1 aliphatic heterocycles. The van der Waals surface area contributed by atoms with Gasteiger partial charge in [-0.15, -0.1) is 0 Å². The van der Waals surface area contributed by atoms with Crippen molar-refractivity contribution in [2.45, 2.75) is 64.5 Å². The van der Waals surface area contributed by atoms with E-state index in [1.807, 2.05) is 37.9 Å². The van der Waals surface area contributed by atoms with Crippen LogP contribution < -0.4 is 15.4 Å². The van der Waals surface area contributed by atoms with Crippen LogP contribution in [0.4, 0.5) is 10.1 Å². The highest BCUT2D eigenvalue weighted by Gasteiger charge is 2.25. The Kier molecular flexibility index (Phi) is 11.7. The summed E-state index contributed by atoms with van der Waals surface area (Å²) in [4.78, 5) is 26.4. The van der Waals surface area contributed by atoms with Gasteiger partial charge in [0.05, 0.1) is 42.3 Å². The summed E-state index contributed by atoms with van der Waals surface area (Å²) in [6.07, 6.45) is 8.32. The maximum Gasteiger partial charge on any atom is 0.232 e. The highest BCUT2D eigenvalue weighted by Crippen LogP contribution is 2.30. The topological polar surface area (TPSA) is 92.3 Å². The molecule has 1 aromatic carbocycles. The van der Waals surface area contributed by atoms with Crippen molar-refractivity contribution in [1.82, 2.24) is 24.6 Å². The zero-order valence-corrected chi connectivity index (χ0v) is 25.3. The van der Waals surface area contributed by atoms with Crippen LogP contribution in [0.15, 0.2) is 49.1 Å². The predicted molar refractivity (Wildman–Crippen MR) is 163 cm³/mol. The third-order valence-electron chi connectivity index (χ3n) is 6.79. The van der Waals surface area contributed by atoms with Crippen LogP contribution in [-0.4, -0.2) is 62.7 Å². The maximum atomic E-state index is 15.0. The molecule has 2 unspecified atom stereocenters. The summed E-state index contributed by atoms with van der Waals surface area (Å²) in [5.74, 6) is 0.393. The Bertz CT molecular complexity index is 1260. The zero-order chi connectivity index (χ0) is 29.2. The summed E-state index contributed by atoms with van der Waals surface area (Å²) in [5.41, 5.74) is 2.35. The molecule has 2 aromatic heterocycles. The number of carbonyl (C=O) groups excluding carboxylic acids is 1. The average molecular weight is 601 g/mol. The number of aromatic nitrogens is 3. The quantitative estimate of drug-likeness (QED) is 0.235. The van der Waals surface area contributed by atoms with Gasteiger partial charge in [-0.3, -0.25) is 14.8 Å². The molecule has 1 amide bonds. The van der Waals surface area contributed by atoms with Gasteiger partial charge in [-0.25, -0.2) is 13.7 Å². The molecule has 3 heterocycles. The molecule has 2 atom stereocenters. The molecule has 1 fully saturated rings. The molecule has 2 N–H and O–H groups in total. The molecule has 3 aromatic rings. The molecule has 0 bridgehead atoms. The van der Waals surface area contributed by atoms with Gasteiger partial charge in [0.25, 0.3) is 0 Å².